The van der Waals surface area contributed by atoms with Crippen molar-refractivity contribution in [2.24, 2.45) is 0 Å². The van der Waals surface area contributed by atoms with E-state index in [9.17, 15) is 13.2 Å². The highest BCUT2D eigenvalue weighted by molar-refractivity contribution is 7.92. The second kappa shape index (κ2) is 8.86. The lowest BCUT2D eigenvalue weighted by atomic mass is 9.92. The molecule has 2 aromatic carbocycles. The van der Waals surface area contributed by atoms with Crippen LogP contribution in [0.1, 0.15) is 54.6 Å². The molecule has 0 spiro atoms. The van der Waals surface area contributed by atoms with Crippen LogP contribution in [0.15, 0.2) is 41.3 Å². The Bertz CT molecular complexity index is 1000. The van der Waals surface area contributed by atoms with Gasteiger partial charge in [-0.2, -0.15) is 0 Å². The number of para-hydroxylation sites is 1. The van der Waals surface area contributed by atoms with Gasteiger partial charge in [0.05, 0.1) is 18.4 Å². The molecule has 2 N–H and O–H groups in total. The third-order valence-electron chi connectivity index (χ3n) is 5.32. The number of methoxy groups -OCH3 is 1. The molecule has 1 aliphatic carbocycles. The van der Waals surface area contributed by atoms with E-state index in [1.807, 2.05) is 19.9 Å². The molecule has 0 radical (unpaired) electrons. The van der Waals surface area contributed by atoms with E-state index in [4.69, 9.17) is 4.74 Å². The van der Waals surface area contributed by atoms with Gasteiger partial charge in [0, 0.05) is 6.04 Å². The van der Waals surface area contributed by atoms with Crippen molar-refractivity contribution >= 4 is 21.6 Å². The van der Waals surface area contributed by atoms with E-state index < -0.39 is 10.0 Å². The molecule has 1 atom stereocenters. The number of carbonyl (C=O) groups excluding carboxylic acids is 1. The fourth-order valence-electron chi connectivity index (χ4n) is 3.48. The molecular formula is C22H28N2O4S. The third-order valence-corrected chi connectivity index (χ3v) is 6.71. The predicted octanol–water partition coefficient (Wildman–Crippen LogP) is 3.90. The molecule has 0 unspecified atom stereocenters. The zero-order valence-electron chi connectivity index (χ0n) is 17.1. The van der Waals surface area contributed by atoms with Crippen LogP contribution in [0.25, 0.3) is 0 Å². The van der Waals surface area contributed by atoms with Gasteiger partial charge in [0.2, 0.25) is 0 Å². The van der Waals surface area contributed by atoms with Crippen molar-refractivity contribution in [2.45, 2.75) is 56.9 Å². The highest BCUT2D eigenvalue weighted by Gasteiger charge is 2.25. The topological polar surface area (TPSA) is 84.5 Å². The number of aryl methyl sites for hydroxylation is 2. The van der Waals surface area contributed by atoms with E-state index >= 15 is 0 Å². The Labute approximate surface area is 172 Å². The van der Waals surface area contributed by atoms with Crippen molar-refractivity contribution in [1.29, 1.82) is 0 Å². The standard InChI is InChI=1S/C22H28N2O4S/c1-4-15(2)23-22(25)18-11-7-8-12-19(18)24-29(26,27)21-14-17-10-6-5-9-16(17)13-20(21)28-3/h7-8,11-15,24H,4-6,9-10H2,1-3H3,(H,23,25)/t15-/m0/s1. The minimum atomic E-state index is -3.93. The van der Waals surface area contributed by atoms with E-state index in [-0.39, 0.29) is 28.1 Å². The van der Waals surface area contributed by atoms with Crippen LogP contribution in [0.3, 0.4) is 0 Å². The van der Waals surface area contributed by atoms with Crippen molar-refractivity contribution < 1.29 is 17.9 Å². The molecule has 2 aromatic rings. The number of benzene rings is 2. The lowest BCUT2D eigenvalue weighted by Crippen LogP contribution is -2.32. The molecule has 3 rings (SSSR count). The highest BCUT2D eigenvalue weighted by Crippen LogP contribution is 2.33. The van der Waals surface area contributed by atoms with Crippen molar-refractivity contribution in [3.8, 4) is 5.75 Å². The second-order valence-corrected chi connectivity index (χ2v) is 9.06. The van der Waals surface area contributed by atoms with Gasteiger partial charge in [-0.05, 0) is 74.4 Å². The summed E-state index contributed by atoms with van der Waals surface area (Å²) in [5, 5.41) is 2.88. The molecule has 0 aliphatic heterocycles. The fraction of sp³-hybridized carbons (Fsp3) is 0.409. The zero-order valence-corrected chi connectivity index (χ0v) is 17.9. The maximum atomic E-state index is 13.2. The summed E-state index contributed by atoms with van der Waals surface area (Å²) in [6.07, 6.45) is 4.71. The SMILES string of the molecule is CC[C@H](C)NC(=O)c1ccccc1NS(=O)(=O)c1cc2c(cc1OC)CCCC2. The monoisotopic (exact) mass is 416 g/mol. The molecule has 29 heavy (non-hydrogen) atoms. The number of anilines is 1. The van der Waals surface area contributed by atoms with E-state index in [1.54, 1.807) is 30.3 Å². The molecular weight excluding hydrogens is 388 g/mol. The molecule has 0 aromatic heterocycles. The van der Waals surface area contributed by atoms with Crippen LogP contribution in [0.5, 0.6) is 5.75 Å². The molecule has 0 saturated heterocycles. The Hall–Kier alpha value is -2.54. The number of carbonyl (C=O) groups is 1. The summed E-state index contributed by atoms with van der Waals surface area (Å²) >= 11 is 0. The van der Waals surface area contributed by atoms with Gasteiger partial charge >= 0.3 is 0 Å². The van der Waals surface area contributed by atoms with Gasteiger partial charge in [-0.25, -0.2) is 8.42 Å². The summed E-state index contributed by atoms with van der Waals surface area (Å²) in [5.41, 5.74) is 2.71. The minimum absolute atomic E-state index is 0.00657. The van der Waals surface area contributed by atoms with Gasteiger partial charge in [-0.1, -0.05) is 19.1 Å². The molecule has 0 heterocycles. The van der Waals surface area contributed by atoms with Gasteiger partial charge in [-0.15, -0.1) is 0 Å². The molecule has 156 valence electrons. The Morgan fingerprint density at radius 2 is 1.79 bits per heavy atom. The number of nitrogens with one attached hydrogen (secondary N) is 2. The van der Waals surface area contributed by atoms with Crippen LogP contribution in [-0.4, -0.2) is 27.5 Å². The van der Waals surface area contributed by atoms with Gasteiger partial charge in [-0.3, -0.25) is 9.52 Å². The Morgan fingerprint density at radius 1 is 1.14 bits per heavy atom. The third kappa shape index (κ3) is 4.72. The van der Waals surface area contributed by atoms with Crippen molar-refractivity contribution in [2.75, 3.05) is 11.8 Å². The van der Waals surface area contributed by atoms with Gasteiger partial charge in [0.25, 0.3) is 15.9 Å². The molecule has 7 heteroatoms. The fourth-order valence-corrected chi connectivity index (χ4v) is 4.77. The smallest absolute Gasteiger partial charge is 0.265 e. The summed E-state index contributed by atoms with van der Waals surface area (Å²) in [6, 6.07) is 10.1. The summed E-state index contributed by atoms with van der Waals surface area (Å²) in [6.45, 7) is 3.88. The van der Waals surface area contributed by atoms with E-state index in [0.29, 0.717) is 5.75 Å². The first kappa shape index (κ1) is 21.2. The maximum absolute atomic E-state index is 13.2. The zero-order chi connectivity index (χ0) is 21.0. The highest BCUT2D eigenvalue weighted by atomic mass is 32.2. The largest absolute Gasteiger partial charge is 0.495 e. The molecule has 1 amide bonds. The summed E-state index contributed by atoms with van der Waals surface area (Å²) < 4.78 is 34.4. The number of ether oxygens (including phenoxy) is 1. The Balaban J connectivity index is 1.96. The van der Waals surface area contributed by atoms with Crippen molar-refractivity contribution in [3.63, 3.8) is 0 Å². The normalized spacial score (nSPS) is 14.6. The van der Waals surface area contributed by atoms with E-state index in [1.165, 1.54) is 7.11 Å². The lowest BCUT2D eigenvalue weighted by molar-refractivity contribution is 0.0940. The van der Waals surface area contributed by atoms with E-state index in [0.717, 1.165) is 43.2 Å². The van der Waals surface area contributed by atoms with Crippen LogP contribution >= 0.6 is 0 Å². The van der Waals surface area contributed by atoms with Crippen LogP contribution in [0.2, 0.25) is 0 Å². The lowest BCUT2D eigenvalue weighted by Gasteiger charge is -2.20. The number of fused-ring (bicyclic) bond motifs is 1. The van der Waals surface area contributed by atoms with E-state index in [2.05, 4.69) is 10.0 Å². The van der Waals surface area contributed by atoms with Crippen LogP contribution < -0.4 is 14.8 Å². The van der Waals surface area contributed by atoms with Gasteiger partial charge in [0.1, 0.15) is 10.6 Å². The summed E-state index contributed by atoms with van der Waals surface area (Å²) in [5.74, 6) is 0.00902. The minimum Gasteiger partial charge on any atom is -0.495 e. The number of hydrogen-bond donors (Lipinski definition) is 2. The predicted molar refractivity (Wildman–Crippen MR) is 114 cm³/mol. The van der Waals surface area contributed by atoms with Gasteiger partial charge < -0.3 is 10.1 Å². The summed E-state index contributed by atoms with van der Waals surface area (Å²) in [7, 11) is -2.47. The average Bonchev–Trinajstić information content (AvgIpc) is 2.72. The Morgan fingerprint density at radius 3 is 2.45 bits per heavy atom. The first-order valence-electron chi connectivity index (χ1n) is 9.98. The number of sulfonamides is 1. The molecule has 0 fully saturated rings. The van der Waals surface area contributed by atoms with Crippen LogP contribution in [0.4, 0.5) is 5.69 Å². The number of rotatable bonds is 7. The van der Waals surface area contributed by atoms with Crippen molar-refractivity contribution in [3.05, 3.63) is 53.1 Å². The first-order chi connectivity index (χ1) is 13.9. The van der Waals surface area contributed by atoms with Gasteiger partial charge in [0.15, 0.2) is 0 Å². The average molecular weight is 417 g/mol. The second-order valence-electron chi connectivity index (χ2n) is 7.41. The quantitative estimate of drug-likeness (QED) is 0.717. The van der Waals surface area contributed by atoms with Crippen LogP contribution in [0, 0.1) is 0 Å². The summed E-state index contributed by atoms with van der Waals surface area (Å²) in [4.78, 5) is 12.7. The molecule has 0 bridgehead atoms. The Kier molecular flexibility index (Phi) is 6.47. The first-order valence-corrected chi connectivity index (χ1v) is 11.5. The van der Waals surface area contributed by atoms with Crippen LogP contribution in [-0.2, 0) is 22.9 Å². The maximum Gasteiger partial charge on any atom is 0.265 e. The molecule has 1 aliphatic rings. The molecule has 6 nitrogen and oxygen atoms in total. The number of hydrogen-bond acceptors (Lipinski definition) is 4. The van der Waals surface area contributed by atoms with Crippen molar-refractivity contribution in [1.82, 2.24) is 5.32 Å². The number of amides is 1. The molecule has 0 saturated carbocycles.